The molecule has 42 heavy (non-hydrogen) atoms. The van der Waals surface area contributed by atoms with Gasteiger partial charge in [-0.05, 0) is 78.6 Å². The van der Waals surface area contributed by atoms with Crippen LogP contribution in [0, 0.1) is 36.5 Å². The van der Waals surface area contributed by atoms with E-state index in [4.69, 9.17) is 16.3 Å². The van der Waals surface area contributed by atoms with Crippen LogP contribution in [0.25, 0.3) is 0 Å². The van der Waals surface area contributed by atoms with Gasteiger partial charge >= 0.3 is 4.87 Å². The Hall–Kier alpha value is -3.33. The Kier molecular flexibility index (Phi) is 6.18. The molecule has 4 aromatic rings. The number of halogens is 1. The van der Waals surface area contributed by atoms with Crippen molar-refractivity contribution in [2.75, 3.05) is 4.90 Å². The first-order chi connectivity index (χ1) is 20.4. The number of aromatic nitrogens is 1. The second-order valence-corrected chi connectivity index (χ2v) is 14.4. The van der Waals surface area contributed by atoms with Crippen LogP contribution in [0.3, 0.4) is 0 Å². The molecule has 2 bridgehead atoms. The van der Waals surface area contributed by atoms with Gasteiger partial charge in [0, 0.05) is 21.1 Å². The number of ether oxygens (including phenoxy) is 1. The number of hydrogen-bond donors (Lipinski definition) is 1. The molecule has 0 spiro atoms. The fraction of sp³-hybridized carbons (Fsp3) is 0.303. The molecule has 4 aliphatic rings. The summed E-state index contributed by atoms with van der Waals surface area (Å²) in [4.78, 5) is 45.6. The molecule has 2 aliphatic carbocycles. The van der Waals surface area contributed by atoms with Gasteiger partial charge in [0.15, 0.2) is 0 Å². The van der Waals surface area contributed by atoms with Crippen LogP contribution in [0.4, 0.5) is 5.69 Å². The zero-order valence-electron chi connectivity index (χ0n) is 22.7. The number of carbonyl (C=O) groups is 2. The van der Waals surface area contributed by atoms with Gasteiger partial charge in [0.2, 0.25) is 11.8 Å². The predicted octanol–water partition coefficient (Wildman–Crippen LogP) is 6.66. The average molecular weight is 615 g/mol. The number of rotatable bonds is 5. The van der Waals surface area contributed by atoms with Crippen molar-refractivity contribution in [1.29, 1.82) is 0 Å². The molecule has 2 saturated carbocycles. The largest absolute Gasteiger partial charge is 0.489 e. The van der Waals surface area contributed by atoms with Crippen molar-refractivity contribution >= 4 is 52.2 Å². The number of amides is 2. The summed E-state index contributed by atoms with van der Waals surface area (Å²) in [6.45, 7) is 2.56. The normalized spacial score (nSPS) is 29.0. The van der Waals surface area contributed by atoms with E-state index in [0.29, 0.717) is 17.3 Å². The summed E-state index contributed by atoms with van der Waals surface area (Å²) in [5.74, 6) is 0.204. The molecule has 3 heterocycles. The molecule has 212 valence electrons. The first-order valence-electron chi connectivity index (χ1n) is 14.2. The third kappa shape index (κ3) is 4.02. The predicted molar refractivity (Wildman–Crippen MR) is 164 cm³/mol. The second kappa shape index (κ2) is 9.86. The monoisotopic (exact) mass is 614 g/mol. The highest BCUT2D eigenvalue weighted by Crippen LogP contribution is 2.68. The molecule has 2 aliphatic heterocycles. The van der Waals surface area contributed by atoms with Gasteiger partial charge < -0.3 is 9.72 Å². The number of fused-ring (bicyclic) bond motifs is 9. The number of benzene rings is 3. The summed E-state index contributed by atoms with van der Waals surface area (Å²) in [5, 5.41) is 1.62. The Bertz CT molecular complexity index is 1780. The Morgan fingerprint density at radius 3 is 2.43 bits per heavy atom. The van der Waals surface area contributed by atoms with Gasteiger partial charge in [0.25, 0.3) is 0 Å². The number of aryl methyl sites for hydroxylation is 1. The van der Waals surface area contributed by atoms with E-state index in [1.807, 2.05) is 18.2 Å². The molecule has 2 amide bonds. The zero-order valence-corrected chi connectivity index (χ0v) is 25.0. The van der Waals surface area contributed by atoms with Crippen molar-refractivity contribution in [3.8, 4) is 5.75 Å². The van der Waals surface area contributed by atoms with Crippen LogP contribution in [0.15, 0.2) is 82.6 Å². The van der Waals surface area contributed by atoms with Crippen LogP contribution in [0.1, 0.15) is 33.9 Å². The fourth-order valence-corrected chi connectivity index (χ4v) is 11.0. The highest BCUT2D eigenvalue weighted by Gasteiger charge is 2.69. The number of nitrogens with one attached hydrogen (secondary N) is 1. The topological polar surface area (TPSA) is 79.5 Å². The number of imide groups is 1. The number of aromatic amines is 1. The van der Waals surface area contributed by atoms with Crippen molar-refractivity contribution in [3.63, 3.8) is 0 Å². The molecular weight excluding hydrogens is 588 g/mol. The van der Waals surface area contributed by atoms with Crippen molar-refractivity contribution in [3.05, 3.63) is 109 Å². The van der Waals surface area contributed by atoms with Crippen LogP contribution in [-0.2, 0) is 16.2 Å². The Balaban J connectivity index is 1.11. The van der Waals surface area contributed by atoms with E-state index in [9.17, 15) is 14.4 Å². The number of anilines is 1. The Labute approximate surface area is 256 Å². The molecule has 0 radical (unpaired) electrons. The number of carbonyl (C=O) groups excluding carboxylic acids is 2. The fourth-order valence-electron chi connectivity index (χ4n) is 7.97. The maximum atomic E-state index is 13.9. The van der Waals surface area contributed by atoms with Gasteiger partial charge in [-0.2, -0.15) is 0 Å². The first kappa shape index (κ1) is 26.3. The lowest BCUT2D eigenvalue weighted by Gasteiger charge is -2.43. The van der Waals surface area contributed by atoms with Crippen molar-refractivity contribution in [2.24, 2.45) is 29.6 Å². The number of nitrogens with zero attached hydrogens (tertiary/aromatic N) is 1. The van der Waals surface area contributed by atoms with Crippen LogP contribution in [0.2, 0.25) is 5.02 Å². The van der Waals surface area contributed by atoms with E-state index in [1.54, 1.807) is 36.0 Å². The molecule has 8 rings (SSSR count). The molecule has 3 fully saturated rings. The molecule has 9 heteroatoms. The van der Waals surface area contributed by atoms with Crippen LogP contribution >= 0.6 is 34.7 Å². The van der Waals surface area contributed by atoms with Gasteiger partial charge in [-0.3, -0.25) is 19.3 Å². The van der Waals surface area contributed by atoms with Crippen molar-refractivity contribution in [1.82, 2.24) is 4.98 Å². The van der Waals surface area contributed by atoms with Crippen LogP contribution in [0.5, 0.6) is 5.75 Å². The number of thioether (sulfide) groups is 1. The smallest absolute Gasteiger partial charge is 0.305 e. The highest BCUT2D eigenvalue weighted by molar-refractivity contribution is 8.00. The quantitative estimate of drug-likeness (QED) is 0.255. The molecule has 1 aromatic heterocycles. The summed E-state index contributed by atoms with van der Waals surface area (Å²) >= 11 is 9.05. The van der Waals surface area contributed by atoms with Crippen LogP contribution < -0.4 is 14.5 Å². The van der Waals surface area contributed by atoms with E-state index in [1.165, 1.54) is 21.8 Å². The lowest BCUT2D eigenvalue weighted by Crippen LogP contribution is -2.42. The van der Waals surface area contributed by atoms with E-state index >= 15 is 0 Å². The SMILES string of the molecule is Cc1cccc(COc2ccc(C3c4sc(=O)[nH]c4SC4C3[C@H]3C[C@@H]4C4C(=O)N(c5ccc(Cl)cc5)C(=O)C43)cc2)c1. The minimum absolute atomic E-state index is 0.0237. The summed E-state index contributed by atoms with van der Waals surface area (Å²) in [5.41, 5.74) is 4.01. The Morgan fingerprint density at radius 1 is 0.952 bits per heavy atom. The number of thiazole rings is 1. The highest BCUT2D eigenvalue weighted by atomic mass is 35.5. The maximum Gasteiger partial charge on any atom is 0.305 e. The molecular formula is C33H27ClN2O4S2. The molecule has 5 unspecified atom stereocenters. The van der Waals surface area contributed by atoms with Gasteiger partial charge in [-0.1, -0.05) is 64.9 Å². The molecule has 7 atom stereocenters. The lowest BCUT2D eigenvalue weighted by molar-refractivity contribution is -0.123. The molecule has 1 saturated heterocycles. The van der Waals surface area contributed by atoms with Gasteiger partial charge in [-0.15, -0.1) is 11.8 Å². The minimum atomic E-state index is -0.336. The van der Waals surface area contributed by atoms with E-state index in [2.05, 4.69) is 42.2 Å². The van der Waals surface area contributed by atoms with Crippen molar-refractivity contribution in [2.45, 2.75) is 36.1 Å². The number of hydrogen-bond acceptors (Lipinski definition) is 6. The molecule has 1 N–H and O–H groups in total. The summed E-state index contributed by atoms with van der Waals surface area (Å²) in [7, 11) is 0. The minimum Gasteiger partial charge on any atom is -0.489 e. The summed E-state index contributed by atoms with van der Waals surface area (Å²) in [6, 6.07) is 23.4. The molecule has 6 nitrogen and oxygen atoms in total. The standard InChI is InChI=1S/C33H27ClN2O4S2/c1-16-3-2-4-17(13-16)15-40-21-11-5-18(6-12-21)24-25-22-14-23(28(25)41-30-29(24)42-33(39)35-30)27-26(22)31(37)36(32(27)38)20-9-7-19(34)8-10-20/h2-13,22-28H,14-15H2,1H3,(H,35,39)/t22-,23-,24?,25?,26?,27?,28?/m1/s1. The van der Waals surface area contributed by atoms with E-state index in [-0.39, 0.29) is 57.4 Å². The summed E-state index contributed by atoms with van der Waals surface area (Å²) < 4.78 is 6.09. The zero-order chi connectivity index (χ0) is 28.7. The third-order valence-corrected chi connectivity index (χ3v) is 12.4. The second-order valence-electron chi connectivity index (χ2n) is 11.8. The maximum absolute atomic E-state index is 13.9. The molecule has 3 aromatic carbocycles. The van der Waals surface area contributed by atoms with Gasteiger partial charge in [0.1, 0.15) is 12.4 Å². The van der Waals surface area contributed by atoms with Gasteiger partial charge in [-0.25, -0.2) is 0 Å². The average Bonchev–Trinajstić information content (AvgIpc) is 3.72. The van der Waals surface area contributed by atoms with Gasteiger partial charge in [0.05, 0.1) is 22.5 Å². The van der Waals surface area contributed by atoms with Crippen LogP contribution in [-0.4, -0.2) is 22.0 Å². The van der Waals surface area contributed by atoms with Crippen molar-refractivity contribution < 1.29 is 14.3 Å². The lowest BCUT2D eigenvalue weighted by atomic mass is 9.68. The van der Waals surface area contributed by atoms with E-state index in [0.717, 1.165) is 33.2 Å². The number of H-pyrrole nitrogens is 1. The summed E-state index contributed by atoms with van der Waals surface area (Å²) in [6.07, 6.45) is 0.858. The first-order valence-corrected chi connectivity index (χ1v) is 16.3. The van der Waals surface area contributed by atoms with E-state index < -0.39 is 0 Å². The Morgan fingerprint density at radius 2 is 1.69 bits per heavy atom. The third-order valence-electron chi connectivity index (χ3n) is 9.54.